The van der Waals surface area contributed by atoms with Crippen LogP contribution in [0.5, 0.6) is 0 Å². The fourth-order valence-corrected chi connectivity index (χ4v) is 5.65. The van der Waals surface area contributed by atoms with Crippen molar-refractivity contribution in [2.24, 2.45) is 4.99 Å². The van der Waals surface area contributed by atoms with E-state index < -0.39 is 0 Å². The van der Waals surface area contributed by atoms with E-state index in [0.717, 1.165) is 50.0 Å². The molecule has 0 fully saturated rings. The molecule has 218 valence electrons. The van der Waals surface area contributed by atoms with Crippen molar-refractivity contribution in [2.45, 2.75) is 41.5 Å². The summed E-state index contributed by atoms with van der Waals surface area (Å²) in [6, 6.07) is 27.0. The summed E-state index contributed by atoms with van der Waals surface area (Å²) in [4.78, 5) is 20.2. The molecule has 6 nitrogen and oxygen atoms in total. The van der Waals surface area contributed by atoms with E-state index in [0.29, 0.717) is 17.7 Å². The molecule has 3 aromatic heterocycles. The number of hydrogen-bond acceptors (Lipinski definition) is 4. The van der Waals surface area contributed by atoms with Gasteiger partial charge in [-0.1, -0.05) is 78.9 Å². The zero-order valence-electron chi connectivity index (χ0n) is 26.1. The van der Waals surface area contributed by atoms with Crippen molar-refractivity contribution in [2.75, 3.05) is 0 Å². The summed E-state index contributed by atoms with van der Waals surface area (Å²) in [5, 5.41) is 2.30. The van der Waals surface area contributed by atoms with Crippen LogP contribution >= 0.6 is 0 Å². The quantitative estimate of drug-likeness (QED) is 0.178. The molecule has 0 aliphatic heterocycles. The number of aromatic nitrogens is 5. The zero-order chi connectivity index (χ0) is 30.8. The molecule has 0 atom stereocenters. The second-order valence-corrected chi connectivity index (χ2v) is 10.9. The molecule has 44 heavy (non-hydrogen) atoms. The number of benzene rings is 3. The van der Waals surface area contributed by atoms with Crippen LogP contribution in [0.25, 0.3) is 51.4 Å². The van der Waals surface area contributed by atoms with E-state index in [1.54, 1.807) is 0 Å². The minimum Gasteiger partial charge on any atom is -0.278 e. The average Bonchev–Trinajstić information content (AvgIpc) is 3.51. The first kappa shape index (κ1) is 28.7. The molecule has 3 aromatic carbocycles. The highest BCUT2D eigenvalue weighted by atomic mass is 15.3. The SMILES string of the molecule is C/C=C\c1c(C)c(C)c(/C=C\C)n1-c1nc(/C(C)=C/N=C(\C)c2ccccc2)nc(-n2c3ccccc3c3ccccc32)n1. The Morgan fingerprint density at radius 2 is 1.14 bits per heavy atom. The summed E-state index contributed by atoms with van der Waals surface area (Å²) in [5.41, 5.74) is 9.38. The van der Waals surface area contributed by atoms with Gasteiger partial charge >= 0.3 is 0 Å². The predicted molar refractivity (Wildman–Crippen MR) is 185 cm³/mol. The number of hydrogen-bond donors (Lipinski definition) is 0. The van der Waals surface area contributed by atoms with Crippen LogP contribution in [0.15, 0.2) is 102 Å². The van der Waals surface area contributed by atoms with Gasteiger partial charge in [0.25, 0.3) is 0 Å². The van der Waals surface area contributed by atoms with Crippen LogP contribution in [0.2, 0.25) is 0 Å². The van der Waals surface area contributed by atoms with Crippen molar-refractivity contribution in [3.05, 3.63) is 131 Å². The standard InChI is InChI=1S/C38H36N6/c1-7-16-32-26(4)27(5)33(17-8-2)43(32)37-40-36(25(3)24-39-28(6)29-18-10-9-11-19-29)41-38(42-37)44-34-22-14-12-20-30(34)31-21-13-15-23-35(31)44/h7-24H,1-6H3/b16-7-,17-8-,25-24+,39-28+. The Morgan fingerprint density at radius 1 is 0.636 bits per heavy atom. The molecule has 6 aromatic rings. The van der Waals surface area contributed by atoms with Crippen molar-refractivity contribution in [1.82, 2.24) is 24.1 Å². The largest absolute Gasteiger partial charge is 0.278 e. The maximum absolute atomic E-state index is 5.18. The number of para-hydroxylation sites is 2. The van der Waals surface area contributed by atoms with E-state index in [4.69, 9.17) is 19.9 Å². The summed E-state index contributed by atoms with van der Waals surface area (Å²) in [5.74, 6) is 1.68. The van der Waals surface area contributed by atoms with Gasteiger partial charge in [0, 0.05) is 28.3 Å². The van der Waals surface area contributed by atoms with E-state index in [1.165, 1.54) is 11.1 Å². The lowest BCUT2D eigenvalue weighted by atomic mass is 10.1. The van der Waals surface area contributed by atoms with Gasteiger partial charge in [0.05, 0.1) is 22.4 Å². The van der Waals surface area contributed by atoms with Crippen LogP contribution < -0.4 is 0 Å². The topological polar surface area (TPSA) is 60.9 Å². The highest BCUT2D eigenvalue weighted by molar-refractivity contribution is 6.09. The van der Waals surface area contributed by atoms with Gasteiger partial charge in [0.2, 0.25) is 11.9 Å². The van der Waals surface area contributed by atoms with Crippen molar-refractivity contribution >= 4 is 45.2 Å². The predicted octanol–water partition coefficient (Wildman–Crippen LogP) is 9.31. The van der Waals surface area contributed by atoms with Gasteiger partial charge in [-0.25, -0.2) is 0 Å². The molecule has 6 heteroatoms. The van der Waals surface area contributed by atoms with E-state index in [-0.39, 0.29) is 0 Å². The monoisotopic (exact) mass is 576 g/mol. The van der Waals surface area contributed by atoms with Gasteiger partial charge in [-0.15, -0.1) is 0 Å². The molecule has 3 heterocycles. The van der Waals surface area contributed by atoms with Crippen LogP contribution in [0.1, 0.15) is 61.6 Å². The van der Waals surface area contributed by atoms with Crippen LogP contribution in [0.3, 0.4) is 0 Å². The number of nitrogens with zero attached hydrogens (tertiary/aromatic N) is 6. The third kappa shape index (κ3) is 5.09. The van der Waals surface area contributed by atoms with Gasteiger partial charge in [-0.2, -0.15) is 15.0 Å². The van der Waals surface area contributed by atoms with Gasteiger partial charge in [-0.3, -0.25) is 14.1 Å². The first-order valence-electron chi connectivity index (χ1n) is 14.9. The molecule has 0 unspecified atom stereocenters. The van der Waals surface area contributed by atoms with Crippen molar-refractivity contribution in [3.8, 4) is 11.9 Å². The molecule has 0 bridgehead atoms. The number of aliphatic imine (C=N–C) groups is 1. The Morgan fingerprint density at radius 3 is 1.68 bits per heavy atom. The summed E-state index contributed by atoms with van der Waals surface area (Å²) in [7, 11) is 0. The molecular formula is C38H36N6. The normalized spacial score (nSPS) is 12.9. The van der Waals surface area contributed by atoms with Crippen molar-refractivity contribution < 1.29 is 0 Å². The second kappa shape index (κ2) is 12.1. The highest BCUT2D eigenvalue weighted by Gasteiger charge is 2.21. The summed E-state index contributed by atoms with van der Waals surface area (Å²) >= 11 is 0. The molecule has 6 rings (SSSR count). The summed E-state index contributed by atoms with van der Waals surface area (Å²) < 4.78 is 4.28. The lowest BCUT2D eigenvalue weighted by Gasteiger charge is -2.14. The van der Waals surface area contributed by atoms with Crippen LogP contribution in [-0.2, 0) is 0 Å². The molecule has 0 radical (unpaired) electrons. The van der Waals surface area contributed by atoms with Crippen LogP contribution in [0, 0.1) is 13.8 Å². The first-order chi connectivity index (χ1) is 21.4. The molecule has 0 N–H and O–H groups in total. The molecule has 0 aliphatic carbocycles. The van der Waals surface area contributed by atoms with Gasteiger partial charge in [-0.05, 0) is 82.5 Å². The van der Waals surface area contributed by atoms with Crippen LogP contribution in [0.4, 0.5) is 0 Å². The van der Waals surface area contributed by atoms with E-state index in [1.807, 2.05) is 52.1 Å². The van der Waals surface area contributed by atoms with E-state index in [9.17, 15) is 0 Å². The Balaban J connectivity index is 1.65. The second-order valence-electron chi connectivity index (χ2n) is 10.9. The fraction of sp³-hybridized carbons (Fsp3) is 0.158. The zero-order valence-corrected chi connectivity index (χ0v) is 26.1. The molecule has 0 saturated heterocycles. The maximum Gasteiger partial charge on any atom is 0.240 e. The first-order valence-corrected chi connectivity index (χ1v) is 14.9. The molecule has 0 amide bonds. The third-order valence-electron chi connectivity index (χ3n) is 8.05. The lowest BCUT2D eigenvalue weighted by Crippen LogP contribution is -2.13. The maximum atomic E-state index is 5.18. The lowest BCUT2D eigenvalue weighted by molar-refractivity contribution is 0.840. The Bertz CT molecular complexity index is 2030. The van der Waals surface area contributed by atoms with Crippen LogP contribution in [-0.4, -0.2) is 29.8 Å². The highest BCUT2D eigenvalue weighted by Crippen LogP contribution is 2.32. The van der Waals surface area contributed by atoms with Crippen molar-refractivity contribution in [1.29, 1.82) is 0 Å². The van der Waals surface area contributed by atoms with Gasteiger partial charge < -0.3 is 0 Å². The number of rotatable bonds is 7. The van der Waals surface area contributed by atoms with E-state index in [2.05, 4.69) is 108 Å². The minimum atomic E-state index is 0.556. The summed E-state index contributed by atoms with van der Waals surface area (Å²) in [6.45, 7) is 12.4. The fourth-order valence-electron chi connectivity index (χ4n) is 5.65. The third-order valence-corrected chi connectivity index (χ3v) is 8.05. The molecular weight excluding hydrogens is 540 g/mol. The minimum absolute atomic E-state index is 0.556. The number of fused-ring (bicyclic) bond motifs is 3. The average molecular weight is 577 g/mol. The smallest absolute Gasteiger partial charge is 0.240 e. The molecule has 0 aliphatic rings. The van der Waals surface area contributed by atoms with Gasteiger partial charge in [0.15, 0.2) is 5.82 Å². The van der Waals surface area contributed by atoms with Crippen molar-refractivity contribution in [3.63, 3.8) is 0 Å². The molecule has 0 spiro atoms. The Hall–Kier alpha value is -5.36. The summed E-state index contributed by atoms with van der Waals surface area (Å²) in [6.07, 6.45) is 10.2. The Labute approximate surface area is 258 Å². The Kier molecular flexibility index (Phi) is 7.90. The van der Waals surface area contributed by atoms with Gasteiger partial charge in [0.1, 0.15) is 0 Å². The number of allylic oxidation sites excluding steroid dienone is 3. The molecule has 0 saturated carbocycles. The van der Waals surface area contributed by atoms with E-state index >= 15 is 0 Å².